The van der Waals surface area contributed by atoms with Crippen LogP contribution < -0.4 is 0 Å². The molecule has 5 fully saturated rings. The molecule has 7 heteroatoms. The summed E-state index contributed by atoms with van der Waals surface area (Å²) < 4.78 is 19.5. The van der Waals surface area contributed by atoms with E-state index in [1.807, 2.05) is 0 Å². The third kappa shape index (κ3) is 4.40. The number of carboxylic acid groups (broad SMARTS) is 1. The third-order valence-electron chi connectivity index (χ3n) is 15.8. The first kappa shape index (κ1) is 32.9. The average molecular weight is 619 g/mol. The molecule has 1 aliphatic heterocycles. The van der Waals surface area contributed by atoms with Crippen molar-refractivity contribution < 1.29 is 34.3 Å². The minimum Gasteiger partial charge on any atom is -0.481 e. The Morgan fingerprint density at radius 3 is 2.18 bits per heavy atom. The van der Waals surface area contributed by atoms with E-state index >= 15 is 0 Å². The Balaban J connectivity index is 1.29. The number of fused-ring (bicyclic) bond motifs is 7. The normalized spacial score (nSPS) is 52.9. The lowest BCUT2D eigenvalue weighted by Crippen LogP contribution is -2.65. The van der Waals surface area contributed by atoms with Crippen molar-refractivity contribution in [1.29, 1.82) is 0 Å². The largest absolute Gasteiger partial charge is 0.481 e. The summed E-state index contributed by atoms with van der Waals surface area (Å²) in [5, 5.41) is 42.1. The average Bonchev–Trinajstić information content (AvgIpc) is 2.94. The molecule has 0 amide bonds. The van der Waals surface area contributed by atoms with Gasteiger partial charge in [0.2, 0.25) is 0 Å². The fourth-order valence-electron chi connectivity index (χ4n) is 12.8. The topological polar surface area (TPSA) is 107 Å². The van der Waals surface area contributed by atoms with Crippen molar-refractivity contribution in [2.75, 3.05) is 6.67 Å². The summed E-state index contributed by atoms with van der Waals surface area (Å²) >= 11 is 0. The molecule has 44 heavy (non-hydrogen) atoms. The molecule has 6 aliphatic rings. The molecule has 0 radical (unpaired) electrons. The second-order valence-corrected chi connectivity index (χ2v) is 18.3. The van der Waals surface area contributed by atoms with E-state index < -0.39 is 48.6 Å². The summed E-state index contributed by atoms with van der Waals surface area (Å²) in [5.74, 6) is 0.737. The molecule has 4 saturated carbocycles. The van der Waals surface area contributed by atoms with Crippen LogP contribution in [0.2, 0.25) is 0 Å². The molecule has 0 spiro atoms. The summed E-state index contributed by atoms with van der Waals surface area (Å²) in [7, 11) is 0. The molecule has 6 nitrogen and oxygen atoms in total. The van der Waals surface area contributed by atoms with Gasteiger partial charge in [0, 0.05) is 0 Å². The molecule has 5 aliphatic carbocycles. The van der Waals surface area contributed by atoms with E-state index in [-0.39, 0.29) is 38.9 Å². The van der Waals surface area contributed by atoms with Crippen LogP contribution in [0.5, 0.6) is 0 Å². The Labute approximate surface area is 264 Å². The van der Waals surface area contributed by atoms with Crippen LogP contribution in [0.15, 0.2) is 11.6 Å². The van der Waals surface area contributed by atoms with Crippen molar-refractivity contribution in [1.82, 2.24) is 0 Å². The van der Waals surface area contributed by atoms with E-state index in [1.54, 1.807) is 0 Å². The van der Waals surface area contributed by atoms with Crippen molar-refractivity contribution in [2.24, 2.45) is 56.2 Å². The number of halogens is 1. The van der Waals surface area contributed by atoms with Gasteiger partial charge < -0.3 is 25.2 Å². The van der Waals surface area contributed by atoms with E-state index in [9.17, 15) is 29.6 Å². The monoisotopic (exact) mass is 618 g/mol. The Hall–Kier alpha value is -1.02. The Bertz CT molecular complexity index is 1180. The molecule has 0 bridgehead atoms. The zero-order chi connectivity index (χ0) is 32.3. The van der Waals surface area contributed by atoms with Crippen LogP contribution in [-0.4, -0.2) is 63.6 Å². The predicted molar refractivity (Wildman–Crippen MR) is 167 cm³/mol. The zero-order valence-electron chi connectivity index (χ0n) is 28.2. The lowest BCUT2D eigenvalue weighted by Gasteiger charge is -2.71. The zero-order valence-corrected chi connectivity index (χ0v) is 28.2. The van der Waals surface area contributed by atoms with Gasteiger partial charge in [-0.1, -0.05) is 60.1 Å². The number of hydrogen-bond acceptors (Lipinski definition) is 5. The number of rotatable bonds is 4. The van der Waals surface area contributed by atoms with Gasteiger partial charge in [-0.3, -0.25) is 4.79 Å². The van der Waals surface area contributed by atoms with Gasteiger partial charge >= 0.3 is 5.97 Å². The number of aliphatic hydroxyl groups excluding tert-OH is 3. The van der Waals surface area contributed by atoms with E-state index in [1.165, 1.54) is 5.57 Å². The smallest absolute Gasteiger partial charge is 0.310 e. The molecule has 4 N–H and O–H groups in total. The number of carbonyl (C=O) groups is 1. The minimum atomic E-state index is -1.42. The van der Waals surface area contributed by atoms with Crippen LogP contribution in [0.4, 0.5) is 4.39 Å². The third-order valence-corrected chi connectivity index (χ3v) is 15.8. The maximum Gasteiger partial charge on any atom is 0.310 e. The maximum absolute atomic E-state index is 13.6. The molecular formula is C37H59FO6. The first-order valence-electron chi connectivity index (χ1n) is 17.6. The molecule has 5 unspecified atom stereocenters. The van der Waals surface area contributed by atoms with E-state index in [0.29, 0.717) is 18.3 Å². The molecule has 1 heterocycles. The second kappa shape index (κ2) is 10.5. The summed E-state index contributed by atoms with van der Waals surface area (Å²) in [4.78, 5) is 12.9. The molecule has 13 atom stereocenters. The molecule has 250 valence electrons. The van der Waals surface area contributed by atoms with Crippen molar-refractivity contribution in [3.63, 3.8) is 0 Å². The molecular weight excluding hydrogens is 559 g/mol. The number of alkyl halides is 1. The SMILES string of the molecule is CC1(C)CC[C@]2(C(=O)O)CC[C@]3(C)C(=CCC4[C@@]5(C)CC[C@@H](C[C@@H]6OC(CF)[C@@H](O)[C@H](O)C6O)C(C)(C)C5CC[C@]43C)C2C1. The first-order valence-corrected chi connectivity index (χ1v) is 17.6. The van der Waals surface area contributed by atoms with Gasteiger partial charge in [-0.15, -0.1) is 0 Å². The van der Waals surface area contributed by atoms with Crippen molar-refractivity contribution in [3.05, 3.63) is 11.6 Å². The van der Waals surface area contributed by atoms with Gasteiger partial charge in [-0.05, 0) is 121 Å². The van der Waals surface area contributed by atoms with E-state index in [4.69, 9.17) is 4.74 Å². The number of aliphatic carboxylic acids is 1. The van der Waals surface area contributed by atoms with Gasteiger partial charge in [0.25, 0.3) is 0 Å². The molecule has 0 aromatic rings. The lowest BCUT2D eigenvalue weighted by atomic mass is 9.33. The molecule has 1 saturated heterocycles. The summed E-state index contributed by atoms with van der Waals surface area (Å²) in [6.45, 7) is 16.0. The number of aliphatic hydroxyl groups is 3. The van der Waals surface area contributed by atoms with Crippen LogP contribution in [0.25, 0.3) is 0 Å². The summed E-state index contributed by atoms with van der Waals surface area (Å²) in [5.41, 5.74) is 1.14. The highest BCUT2D eigenvalue weighted by atomic mass is 19.1. The Kier molecular flexibility index (Phi) is 7.84. The van der Waals surface area contributed by atoms with Gasteiger partial charge in [-0.25, -0.2) is 4.39 Å². The molecule has 0 aromatic heterocycles. The van der Waals surface area contributed by atoms with Crippen molar-refractivity contribution in [2.45, 2.75) is 150 Å². The Morgan fingerprint density at radius 1 is 0.864 bits per heavy atom. The highest BCUT2D eigenvalue weighted by Crippen LogP contribution is 2.76. The standard InChI is InChI=1S/C37H59FO6/c1-32(2)14-16-37(31(42)43)17-15-35(6)22(23(37)19-32)8-9-27-34(5)12-10-21(33(3,4)26(34)11-13-36(27,35)7)18-24-28(39)30(41)29(40)25(20-38)44-24/h8,21,23-30,39-41H,9-20H2,1-7H3,(H,42,43)/t21-,23?,24-,25?,26?,27?,28?,29+,30+,34-,35+,36+,37-/m0/s1. The maximum atomic E-state index is 13.6. The van der Waals surface area contributed by atoms with Gasteiger partial charge in [0.1, 0.15) is 31.1 Å². The summed E-state index contributed by atoms with van der Waals surface area (Å²) in [6.07, 6.45) is 6.92. The van der Waals surface area contributed by atoms with E-state index in [2.05, 4.69) is 54.5 Å². The number of carboxylic acids is 1. The molecule has 0 aromatic carbocycles. The first-order chi connectivity index (χ1) is 20.4. The fourth-order valence-corrected chi connectivity index (χ4v) is 12.8. The summed E-state index contributed by atoms with van der Waals surface area (Å²) in [6, 6.07) is 0. The van der Waals surface area contributed by atoms with Gasteiger partial charge in [0.15, 0.2) is 0 Å². The van der Waals surface area contributed by atoms with E-state index in [0.717, 1.165) is 64.2 Å². The van der Waals surface area contributed by atoms with Crippen LogP contribution in [0.1, 0.15) is 119 Å². The van der Waals surface area contributed by atoms with Gasteiger partial charge in [0.05, 0.1) is 11.5 Å². The van der Waals surface area contributed by atoms with Gasteiger partial charge in [-0.2, -0.15) is 0 Å². The fraction of sp³-hybridized carbons (Fsp3) is 0.919. The molecule has 6 rings (SSSR count). The van der Waals surface area contributed by atoms with Crippen LogP contribution >= 0.6 is 0 Å². The quantitative estimate of drug-likeness (QED) is 0.261. The number of ether oxygens (including phenoxy) is 1. The van der Waals surface area contributed by atoms with Crippen LogP contribution in [0.3, 0.4) is 0 Å². The Morgan fingerprint density at radius 2 is 1.52 bits per heavy atom. The predicted octanol–water partition coefficient (Wildman–Crippen LogP) is 6.70. The van der Waals surface area contributed by atoms with Crippen molar-refractivity contribution >= 4 is 5.97 Å². The van der Waals surface area contributed by atoms with Crippen molar-refractivity contribution in [3.8, 4) is 0 Å². The second-order valence-electron chi connectivity index (χ2n) is 18.3. The highest BCUT2D eigenvalue weighted by molar-refractivity contribution is 5.76. The minimum absolute atomic E-state index is 0.0136. The van der Waals surface area contributed by atoms with Crippen LogP contribution in [0, 0.1) is 56.2 Å². The van der Waals surface area contributed by atoms with Crippen LogP contribution in [-0.2, 0) is 9.53 Å². The highest BCUT2D eigenvalue weighted by Gasteiger charge is 2.69. The number of allylic oxidation sites excluding steroid dienone is 2. The lowest BCUT2D eigenvalue weighted by molar-refractivity contribution is -0.237. The number of hydrogen-bond donors (Lipinski definition) is 4.